The van der Waals surface area contributed by atoms with Gasteiger partial charge in [0.05, 0.1) is 5.92 Å². The Morgan fingerprint density at radius 3 is 2.75 bits per heavy atom. The molecule has 0 aromatic carbocycles. The molecule has 2 aliphatic heterocycles. The maximum absolute atomic E-state index is 12.2. The zero-order chi connectivity index (χ0) is 14.6. The van der Waals surface area contributed by atoms with E-state index in [1.54, 1.807) is 0 Å². The number of aliphatic carboxylic acids is 1. The SMILES string of the molecule is O=C(O)C1CCCN(S(=O)(=O)NCC2CCCCS2)C1. The smallest absolute Gasteiger partial charge is 0.307 e. The molecule has 0 aromatic heterocycles. The van der Waals surface area contributed by atoms with Crippen LogP contribution in [0.25, 0.3) is 0 Å². The standard InChI is InChI=1S/C12H22N2O4S2/c15-12(16)10-4-3-6-14(9-10)20(17,18)13-8-11-5-1-2-7-19-11/h10-11,13H,1-9H2,(H,15,16). The third-order valence-corrected chi connectivity index (χ3v) is 6.78. The third-order valence-electron chi connectivity index (χ3n) is 3.84. The van der Waals surface area contributed by atoms with E-state index in [1.165, 1.54) is 10.7 Å². The second kappa shape index (κ2) is 7.11. The monoisotopic (exact) mass is 322 g/mol. The Kier molecular flexibility index (Phi) is 5.71. The topological polar surface area (TPSA) is 86.7 Å². The van der Waals surface area contributed by atoms with Crippen molar-refractivity contribution >= 4 is 27.9 Å². The van der Waals surface area contributed by atoms with Crippen LogP contribution < -0.4 is 4.72 Å². The lowest BCUT2D eigenvalue weighted by atomic mass is 10.0. The first-order valence-corrected chi connectivity index (χ1v) is 9.57. The first-order chi connectivity index (χ1) is 9.49. The zero-order valence-electron chi connectivity index (χ0n) is 11.5. The highest BCUT2D eigenvalue weighted by Gasteiger charge is 2.32. The summed E-state index contributed by atoms with van der Waals surface area (Å²) in [4.78, 5) is 11.0. The van der Waals surface area contributed by atoms with Gasteiger partial charge in [0.2, 0.25) is 0 Å². The maximum atomic E-state index is 12.2. The molecule has 0 aromatic rings. The van der Waals surface area contributed by atoms with Crippen LogP contribution in [0.2, 0.25) is 0 Å². The molecule has 6 nitrogen and oxygen atoms in total. The molecule has 0 aliphatic carbocycles. The lowest BCUT2D eigenvalue weighted by Crippen LogP contribution is -2.48. The molecule has 0 spiro atoms. The molecule has 2 aliphatic rings. The van der Waals surface area contributed by atoms with Gasteiger partial charge in [0.15, 0.2) is 0 Å². The second-order valence-electron chi connectivity index (χ2n) is 5.38. The largest absolute Gasteiger partial charge is 0.481 e. The number of nitrogens with zero attached hydrogens (tertiary/aromatic N) is 1. The predicted octanol–water partition coefficient (Wildman–Crippen LogP) is 0.903. The van der Waals surface area contributed by atoms with Gasteiger partial charge in [-0.1, -0.05) is 6.42 Å². The summed E-state index contributed by atoms with van der Waals surface area (Å²) in [5, 5.41) is 9.36. The first kappa shape index (κ1) is 16.1. The normalized spacial score (nSPS) is 29.2. The van der Waals surface area contributed by atoms with E-state index in [4.69, 9.17) is 5.11 Å². The van der Waals surface area contributed by atoms with Crippen LogP contribution in [0.5, 0.6) is 0 Å². The van der Waals surface area contributed by atoms with E-state index in [9.17, 15) is 13.2 Å². The van der Waals surface area contributed by atoms with E-state index in [0.29, 0.717) is 31.2 Å². The molecule has 0 radical (unpaired) electrons. The quantitative estimate of drug-likeness (QED) is 0.785. The molecule has 2 unspecified atom stereocenters. The summed E-state index contributed by atoms with van der Waals surface area (Å²) in [7, 11) is -3.54. The molecule has 116 valence electrons. The Bertz CT molecular complexity index is 435. The van der Waals surface area contributed by atoms with Crippen LogP contribution in [0, 0.1) is 5.92 Å². The predicted molar refractivity (Wildman–Crippen MR) is 79.0 cm³/mol. The summed E-state index contributed by atoms with van der Waals surface area (Å²) in [5.41, 5.74) is 0. The molecule has 8 heteroatoms. The Hall–Kier alpha value is -0.310. The number of carboxylic acid groups (broad SMARTS) is 1. The Morgan fingerprint density at radius 1 is 1.30 bits per heavy atom. The fraction of sp³-hybridized carbons (Fsp3) is 0.917. The fourth-order valence-corrected chi connectivity index (χ4v) is 5.30. The van der Waals surface area contributed by atoms with Gasteiger partial charge >= 0.3 is 5.97 Å². The highest BCUT2D eigenvalue weighted by Crippen LogP contribution is 2.25. The number of thioether (sulfide) groups is 1. The molecular weight excluding hydrogens is 300 g/mol. The van der Waals surface area contributed by atoms with Gasteiger partial charge in [-0.05, 0) is 31.4 Å². The molecule has 2 atom stereocenters. The van der Waals surface area contributed by atoms with E-state index < -0.39 is 22.1 Å². The second-order valence-corrected chi connectivity index (χ2v) is 8.54. The van der Waals surface area contributed by atoms with Crippen LogP contribution in [0.15, 0.2) is 0 Å². The summed E-state index contributed by atoms with van der Waals surface area (Å²) in [6.45, 7) is 0.945. The molecular formula is C12H22N2O4S2. The van der Waals surface area contributed by atoms with Crippen LogP contribution >= 0.6 is 11.8 Å². The number of hydrogen-bond acceptors (Lipinski definition) is 4. The average Bonchev–Trinajstić information content (AvgIpc) is 2.46. The minimum atomic E-state index is -3.54. The summed E-state index contributed by atoms with van der Waals surface area (Å²) < 4.78 is 28.3. The molecule has 0 amide bonds. The minimum absolute atomic E-state index is 0.0858. The van der Waals surface area contributed by atoms with Gasteiger partial charge in [-0.25, -0.2) is 4.72 Å². The molecule has 2 N–H and O–H groups in total. The average molecular weight is 322 g/mol. The highest BCUT2D eigenvalue weighted by atomic mass is 32.2. The summed E-state index contributed by atoms with van der Waals surface area (Å²) in [5.74, 6) is -0.394. The van der Waals surface area contributed by atoms with Gasteiger partial charge in [-0.3, -0.25) is 4.79 Å². The summed E-state index contributed by atoms with van der Waals surface area (Å²) in [6.07, 6.45) is 4.57. The number of carbonyl (C=O) groups is 1. The molecule has 2 saturated heterocycles. The van der Waals surface area contributed by atoms with Crippen molar-refractivity contribution in [2.24, 2.45) is 5.92 Å². The van der Waals surface area contributed by atoms with E-state index in [2.05, 4.69) is 4.72 Å². The number of carboxylic acids is 1. The van der Waals surface area contributed by atoms with Crippen molar-refractivity contribution in [2.75, 3.05) is 25.4 Å². The number of rotatable bonds is 5. The van der Waals surface area contributed by atoms with Crippen LogP contribution in [0.3, 0.4) is 0 Å². The van der Waals surface area contributed by atoms with Crippen LogP contribution in [-0.4, -0.2) is 54.4 Å². The van der Waals surface area contributed by atoms with Gasteiger partial charge in [0, 0.05) is 24.9 Å². The van der Waals surface area contributed by atoms with Crippen LogP contribution in [0.1, 0.15) is 32.1 Å². The van der Waals surface area contributed by atoms with Gasteiger partial charge in [-0.2, -0.15) is 24.5 Å². The number of nitrogens with one attached hydrogen (secondary N) is 1. The molecule has 0 bridgehead atoms. The highest BCUT2D eigenvalue weighted by molar-refractivity contribution is 8.00. The van der Waals surface area contributed by atoms with Gasteiger partial charge < -0.3 is 5.11 Å². The summed E-state index contributed by atoms with van der Waals surface area (Å²) in [6, 6.07) is 0. The Morgan fingerprint density at radius 2 is 2.10 bits per heavy atom. The van der Waals surface area contributed by atoms with E-state index in [-0.39, 0.29) is 6.54 Å². The minimum Gasteiger partial charge on any atom is -0.481 e. The van der Waals surface area contributed by atoms with Crippen molar-refractivity contribution in [2.45, 2.75) is 37.4 Å². The van der Waals surface area contributed by atoms with Crippen LogP contribution in [0.4, 0.5) is 0 Å². The number of hydrogen-bond donors (Lipinski definition) is 2. The van der Waals surface area contributed by atoms with E-state index in [0.717, 1.165) is 18.6 Å². The van der Waals surface area contributed by atoms with Gasteiger partial charge in [0.1, 0.15) is 0 Å². The maximum Gasteiger partial charge on any atom is 0.307 e. The van der Waals surface area contributed by atoms with Crippen molar-refractivity contribution in [1.82, 2.24) is 9.03 Å². The fourth-order valence-electron chi connectivity index (χ4n) is 2.62. The molecule has 2 fully saturated rings. The van der Waals surface area contributed by atoms with Crippen molar-refractivity contribution < 1.29 is 18.3 Å². The first-order valence-electron chi connectivity index (χ1n) is 7.08. The summed E-state index contributed by atoms with van der Waals surface area (Å²) >= 11 is 1.82. The molecule has 2 heterocycles. The molecule has 20 heavy (non-hydrogen) atoms. The molecule has 0 saturated carbocycles. The van der Waals surface area contributed by atoms with E-state index >= 15 is 0 Å². The molecule has 2 rings (SSSR count). The lowest BCUT2D eigenvalue weighted by Gasteiger charge is -2.30. The number of piperidine rings is 1. The van der Waals surface area contributed by atoms with Crippen LogP contribution in [-0.2, 0) is 15.0 Å². The van der Waals surface area contributed by atoms with E-state index in [1.807, 2.05) is 11.8 Å². The van der Waals surface area contributed by atoms with Crippen molar-refractivity contribution in [3.63, 3.8) is 0 Å². The van der Waals surface area contributed by atoms with Gasteiger partial charge in [-0.15, -0.1) is 0 Å². The Balaban J connectivity index is 1.87. The van der Waals surface area contributed by atoms with Gasteiger partial charge in [0.25, 0.3) is 10.2 Å². The zero-order valence-corrected chi connectivity index (χ0v) is 13.1. The van der Waals surface area contributed by atoms with Crippen molar-refractivity contribution in [3.05, 3.63) is 0 Å². The lowest BCUT2D eigenvalue weighted by molar-refractivity contribution is -0.142. The third kappa shape index (κ3) is 4.34. The van der Waals surface area contributed by atoms with Crippen molar-refractivity contribution in [3.8, 4) is 0 Å². The Labute approximate surface area is 124 Å². The van der Waals surface area contributed by atoms with Crippen molar-refractivity contribution in [1.29, 1.82) is 0 Å².